The van der Waals surface area contributed by atoms with E-state index < -0.39 is 16.1 Å². The van der Waals surface area contributed by atoms with Crippen molar-refractivity contribution in [2.45, 2.75) is 6.54 Å². The standard InChI is InChI=1S/C19H13N3O5S/c20-8-9-27-16-3-1-2-14(10-16)11-17-18(23)21(19(24)28-17)12-13-4-6-15(7-5-13)22(25)26/h1-7,10-11H,9,12H2/b17-11-. The summed E-state index contributed by atoms with van der Waals surface area (Å²) >= 11 is 0.825. The van der Waals surface area contributed by atoms with Crippen LogP contribution in [0.3, 0.4) is 0 Å². The second kappa shape index (κ2) is 8.37. The average Bonchev–Trinajstić information content (AvgIpc) is 2.94. The molecule has 3 rings (SSSR count). The number of imide groups is 1. The molecule has 1 heterocycles. The van der Waals surface area contributed by atoms with Gasteiger partial charge in [-0.05, 0) is 41.1 Å². The number of nitriles is 1. The van der Waals surface area contributed by atoms with Crippen LogP contribution in [0.15, 0.2) is 53.4 Å². The summed E-state index contributed by atoms with van der Waals surface area (Å²) in [5.74, 6) is 0.0529. The molecule has 0 spiro atoms. The van der Waals surface area contributed by atoms with E-state index in [1.807, 2.05) is 6.07 Å². The predicted octanol–water partition coefficient (Wildman–Crippen LogP) is 3.73. The maximum atomic E-state index is 12.6. The van der Waals surface area contributed by atoms with Gasteiger partial charge in [0.05, 0.1) is 16.4 Å². The number of amides is 2. The van der Waals surface area contributed by atoms with E-state index in [-0.39, 0.29) is 23.7 Å². The predicted molar refractivity (Wildman–Crippen MR) is 102 cm³/mol. The lowest BCUT2D eigenvalue weighted by Gasteiger charge is -2.12. The Morgan fingerprint density at radius 2 is 1.96 bits per heavy atom. The SMILES string of the molecule is N#CCOc1cccc(/C=C2\SC(=O)N(Cc3ccc([N+](=O)[O-])cc3)C2=O)c1. The van der Waals surface area contributed by atoms with Crippen molar-refractivity contribution in [1.82, 2.24) is 4.90 Å². The highest BCUT2D eigenvalue weighted by Crippen LogP contribution is 2.33. The highest BCUT2D eigenvalue weighted by molar-refractivity contribution is 8.18. The molecule has 0 aliphatic carbocycles. The third-order valence-corrected chi connectivity index (χ3v) is 4.73. The summed E-state index contributed by atoms with van der Waals surface area (Å²) in [5, 5.41) is 18.9. The van der Waals surface area contributed by atoms with E-state index in [0.717, 1.165) is 16.7 Å². The third-order valence-electron chi connectivity index (χ3n) is 3.82. The Kier molecular flexibility index (Phi) is 5.72. The first kappa shape index (κ1) is 19.1. The smallest absolute Gasteiger partial charge is 0.293 e. The van der Waals surface area contributed by atoms with Crippen molar-refractivity contribution < 1.29 is 19.2 Å². The van der Waals surface area contributed by atoms with E-state index in [1.165, 1.54) is 24.3 Å². The van der Waals surface area contributed by atoms with Gasteiger partial charge in [0, 0.05) is 12.1 Å². The quantitative estimate of drug-likeness (QED) is 0.416. The van der Waals surface area contributed by atoms with Gasteiger partial charge in [0.2, 0.25) is 0 Å². The maximum absolute atomic E-state index is 12.6. The summed E-state index contributed by atoms with van der Waals surface area (Å²) in [6.45, 7) is -0.0550. The van der Waals surface area contributed by atoms with Crippen LogP contribution in [0.25, 0.3) is 6.08 Å². The summed E-state index contributed by atoms with van der Waals surface area (Å²) in [6, 6.07) is 14.4. The molecular formula is C19H13N3O5S. The number of thioether (sulfide) groups is 1. The number of nitrogens with zero attached hydrogens (tertiary/aromatic N) is 3. The lowest BCUT2D eigenvalue weighted by molar-refractivity contribution is -0.384. The minimum Gasteiger partial charge on any atom is -0.479 e. The van der Waals surface area contributed by atoms with Crippen LogP contribution in [-0.2, 0) is 11.3 Å². The number of nitro groups is 1. The van der Waals surface area contributed by atoms with Gasteiger partial charge < -0.3 is 4.74 Å². The molecule has 1 saturated heterocycles. The molecule has 2 aromatic carbocycles. The molecule has 0 atom stereocenters. The largest absolute Gasteiger partial charge is 0.479 e. The second-order valence-electron chi connectivity index (χ2n) is 5.71. The highest BCUT2D eigenvalue weighted by atomic mass is 32.2. The summed E-state index contributed by atoms with van der Waals surface area (Å²) in [7, 11) is 0. The van der Waals surface area contributed by atoms with Gasteiger partial charge in [-0.2, -0.15) is 5.26 Å². The zero-order valence-electron chi connectivity index (χ0n) is 14.4. The molecule has 1 aliphatic rings. The molecule has 1 aliphatic heterocycles. The lowest BCUT2D eigenvalue weighted by atomic mass is 10.2. The fourth-order valence-electron chi connectivity index (χ4n) is 2.50. The van der Waals surface area contributed by atoms with Crippen LogP contribution in [0.4, 0.5) is 10.5 Å². The Morgan fingerprint density at radius 1 is 1.21 bits per heavy atom. The zero-order chi connectivity index (χ0) is 20.1. The van der Waals surface area contributed by atoms with Crippen LogP contribution in [-0.4, -0.2) is 27.6 Å². The number of hydrogen-bond acceptors (Lipinski definition) is 7. The molecule has 0 radical (unpaired) electrons. The number of benzene rings is 2. The highest BCUT2D eigenvalue weighted by Gasteiger charge is 2.35. The van der Waals surface area contributed by atoms with Gasteiger partial charge in [-0.1, -0.05) is 24.3 Å². The fraction of sp³-hybridized carbons (Fsp3) is 0.105. The molecule has 0 unspecified atom stereocenters. The van der Waals surface area contributed by atoms with Crippen molar-refractivity contribution in [2.24, 2.45) is 0 Å². The summed E-state index contributed by atoms with van der Waals surface area (Å²) in [4.78, 5) is 36.4. The van der Waals surface area contributed by atoms with Gasteiger partial charge in [-0.3, -0.25) is 24.6 Å². The first-order valence-electron chi connectivity index (χ1n) is 8.06. The van der Waals surface area contributed by atoms with E-state index in [4.69, 9.17) is 10.00 Å². The Bertz CT molecular complexity index is 1010. The number of non-ortho nitro benzene ring substituents is 1. The van der Waals surface area contributed by atoms with Gasteiger partial charge in [-0.15, -0.1) is 0 Å². The molecule has 0 aromatic heterocycles. The molecular weight excluding hydrogens is 382 g/mol. The molecule has 8 nitrogen and oxygen atoms in total. The van der Waals surface area contributed by atoms with Crippen LogP contribution < -0.4 is 4.74 Å². The number of nitro benzene ring substituents is 1. The molecule has 1 fully saturated rings. The summed E-state index contributed by atoms with van der Waals surface area (Å²) in [5.41, 5.74) is 1.22. The van der Waals surface area contributed by atoms with E-state index in [2.05, 4.69) is 0 Å². The molecule has 9 heteroatoms. The monoisotopic (exact) mass is 395 g/mol. The molecule has 0 saturated carbocycles. The van der Waals surface area contributed by atoms with Crippen molar-refractivity contribution in [1.29, 1.82) is 5.26 Å². The summed E-state index contributed by atoms with van der Waals surface area (Å²) < 4.78 is 5.23. The van der Waals surface area contributed by atoms with Crippen LogP contribution in [0, 0.1) is 21.4 Å². The van der Waals surface area contributed by atoms with Gasteiger partial charge in [0.15, 0.2) is 6.61 Å². The molecule has 2 amide bonds. The van der Waals surface area contributed by atoms with Gasteiger partial charge in [0.1, 0.15) is 11.8 Å². The Labute approximate surface area is 164 Å². The van der Waals surface area contributed by atoms with Crippen molar-refractivity contribution in [3.05, 3.63) is 74.7 Å². The summed E-state index contributed by atoms with van der Waals surface area (Å²) in [6.07, 6.45) is 1.58. The van der Waals surface area contributed by atoms with E-state index in [9.17, 15) is 19.7 Å². The Balaban J connectivity index is 1.75. The fourth-order valence-corrected chi connectivity index (χ4v) is 3.34. The van der Waals surface area contributed by atoms with Crippen molar-refractivity contribution in [3.8, 4) is 11.8 Å². The van der Waals surface area contributed by atoms with Gasteiger partial charge in [0.25, 0.3) is 16.8 Å². The van der Waals surface area contributed by atoms with Crippen molar-refractivity contribution in [3.63, 3.8) is 0 Å². The molecule has 28 heavy (non-hydrogen) atoms. The average molecular weight is 395 g/mol. The number of carbonyl (C=O) groups excluding carboxylic acids is 2. The first-order chi connectivity index (χ1) is 13.5. The van der Waals surface area contributed by atoms with E-state index in [0.29, 0.717) is 16.9 Å². The Morgan fingerprint density at radius 3 is 2.64 bits per heavy atom. The Hall–Kier alpha value is -3.64. The van der Waals surface area contributed by atoms with Crippen molar-refractivity contribution >= 4 is 34.7 Å². The number of hydrogen-bond donors (Lipinski definition) is 0. The minimum atomic E-state index is -0.513. The minimum absolute atomic E-state index is 0.0331. The van der Waals surface area contributed by atoms with Crippen LogP contribution in [0.1, 0.15) is 11.1 Å². The van der Waals surface area contributed by atoms with Crippen LogP contribution >= 0.6 is 11.8 Å². The van der Waals surface area contributed by atoms with E-state index in [1.54, 1.807) is 30.3 Å². The molecule has 0 N–H and O–H groups in total. The van der Waals surface area contributed by atoms with Crippen molar-refractivity contribution in [2.75, 3.05) is 6.61 Å². The number of rotatable bonds is 6. The first-order valence-corrected chi connectivity index (χ1v) is 8.88. The van der Waals surface area contributed by atoms with Crippen LogP contribution in [0.5, 0.6) is 5.75 Å². The van der Waals surface area contributed by atoms with Gasteiger partial charge in [-0.25, -0.2) is 0 Å². The topological polar surface area (TPSA) is 114 Å². The molecule has 2 aromatic rings. The maximum Gasteiger partial charge on any atom is 0.293 e. The number of carbonyl (C=O) groups is 2. The molecule has 0 bridgehead atoms. The second-order valence-corrected chi connectivity index (χ2v) is 6.70. The molecule has 140 valence electrons. The normalized spacial score (nSPS) is 15.0. The number of ether oxygens (including phenoxy) is 1. The lowest BCUT2D eigenvalue weighted by Crippen LogP contribution is -2.27. The van der Waals surface area contributed by atoms with E-state index >= 15 is 0 Å². The third kappa shape index (κ3) is 4.36. The van der Waals surface area contributed by atoms with Gasteiger partial charge >= 0.3 is 0 Å². The zero-order valence-corrected chi connectivity index (χ0v) is 15.2. The van der Waals surface area contributed by atoms with Crippen LogP contribution in [0.2, 0.25) is 0 Å².